The van der Waals surface area contributed by atoms with Gasteiger partial charge in [0, 0.05) is 19.3 Å². The lowest BCUT2D eigenvalue weighted by atomic mass is 9.43. The van der Waals surface area contributed by atoms with E-state index in [0.29, 0.717) is 16.9 Å². The number of hydrogen-bond donors (Lipinski definition) is 1. The highest BCUT2D eigenvalue weighted by atomic mass is 15.2. The predicted octanol–water partition coefficient (Wildman–Crippen LogP) is 2.90. The predicted molar refractivity (Wildman–Crippen MR) is 80.1 cm³/mol. The van der Waals surface area contributed by atoms with E-state index in [-0.39, 0.29) is 0 Å². The molecule has 1 aromatic rings. The van der Waals surface area contributed by atoms with E-state index in [9.17, 15) is 0 Å². The minimum Gasteiger partial charge on any atom is -0.327 e. The van der Waals surface area contributed by atoms with Gasteiger partial charge in [-0.3, -0.25) is 4.68 Å². The van der Waals surface area contributed by atoms with Gasteiger partial charge in [0.15, 0.2) is 0 Å². The highest BCUT2D eigenvalue weighted by molar-refractivity contribution is 5.14. The van der Waals surface area contributed by atoms with E-state index in [2.05, 4.69) is 18.2 Å². The summed E-state index contributed by atoms with van der Waals surface area (Å²) in [7, 11) is 1.99. The fraction of sp³-hybridized carbons (Fsp3) is 0.824. The summed E-state index contributed by atoms with van der Waals surface area (Å²) in [6.07, 6.45) is 13.7. The fourth-order valence-electron chi connectivity index (χ4n) is 6.28. The second-order valence-corrected chi connectivity index (χ2v) is 8.47. The van der Waals surface area contributed by atoms with Gasteiger partial charge in [0.05, 0.1) is 6.20 Å². The van der Waals surface area contributed by atoms with Crippen molar-refractivity contribution in [1.29, 1.82) is 0 Å². The Kier molecular flexibility index (Phi) is 2.64. The molecule has 3 nitrogen and oxygen atoms in total. The van der Waals surface area contributed by atoms with Crippen molar-refractivity contribution in [2.45, 2.75) is 57.9 Å². The molecule has 4 bridgehead atoms. The molecule has 1 aromatic heterocycles. The van der Waals surface area contributed by atoms with Crippen molar-refractivity contribution < 1.29 is 0 Å². The molecule has 3 unspecified atom stereocenters. The molecule has 4 aliphatic carbocycles. The van der Waals surface area contributed by atoms with Gasteiger partial charge in [0.2, 0.25) is 0 Å². The third kappa shape index (κ3) is 1.93. The van der Waals surface area contributed by atoms with Crippen molar-refractivity contribution in [3.05, 3.63) is 18.0 Å². The maximum absolute atomic E-state index is 6.74. The van der Waals surface area contributed by atoms with Gasteiger partial charge in [-0.25, -0.2) is 0 Å². The van der Waals surface area contributed by atoms with Crippen molar-refractivity contribution in [3.63, 3.8) is 0 Å². The van der Waals surface area contributed by atoms with E-state index in [4.69, 9.17) is 5.73 Å². The molecule has 4 fully saturated rings. The molecule has 4 saturated carbocycles. The Bertz CT molecular complexity index is 504. The number of nitrogens with two attached hydrogens (primary N) is 1. The zero-order valence-corrected chi connectivity index (χ0v) is 12.8. The van der Waals surface area contributed by atoms with Gasteiger partial charge in [-0.2, -0.15) is 5.10 Å². The number of aromatic nitrogens is 2. The Morgan fingerprint density at radius 3 is 2.60 bits per heavy atom. The minimum absolute atomic E-state index is 0.317. The molecule has 5 rings (SSSR count). The molecule has 3 atom stereocenters. The highest BCUT2D eigenvalue weighted by Crippen LogP contribution is 2.66. The highest BCUT2D eigenvalue weighted by Gasteiger charge is 2.57. The summed E-state index contributed by atoms with van der Waals surface area (Å²) in [6, 6.07) is 0.317. The summed E-state index contributed by atoms with van der Waals surface area (Å²) in [5.41, 5.74) is 9.06. The first-order valence-corrected chi connectivity index (χ1v) is 8.20. The zero-order chi connectivity index (χ0) is 14.0. The molecule has 4 aliphatic rings. The first-order chi connectivity index (χ1) is 9.46. The minimum atomic E-state index is 0.317. The molecule has 0 saturated heterocycles. The maximum atomic E-state index is 6.74. The summed E-state index contributed by atoms with van der Waals surface area (Å²) in [6.45, 7) is 2.52. The molecular weight excluding hydrogens is 246 g/mol. The van der Waals surface area contributed by atoms with E-state index in [0.717, 1.165) is 18.3 Å². The monoisotopic (exact) mass is 273 g/mol. The van der Waals surface area contributed by atoms with E-state index >= 15 is 0 Å². The molecule has 2 N–H and O–H groups in total. The molecule has 110 valence electrons. The van der Waals surface area contributed by atoms with Crippen LogP contribution in [0.4, 0.5) is 0 Å². The number of nitrogens with zero attached hydrogens (tertiary/aromatic N) is 2. The van der Waals surface area contributed by atoms with Crippen LogP contribution in [0.15, 0.2) is 12.4 Å². The summed E-state index contributed by atoms with van der Waals surface area (Å²) < 4.78 is 1.89. The van der Waals surface area contributed by atoms with Crippen molar-refractivity contribution in [2.24, 2.45) is 35.4 Å². The van der Waals surface area contributed by atoms with Crippen LogP contribution in [0.2, 0.25) is 0 Å². The SMILES string of the molecule is Cn1cc(CC(N)C23CC4CC(CC(C)(C4)C2)C3)cn1. The van der Waals surface area contributed by atoms with Gasteiger partial charge >= 0.3 is 0 Å². The third-order valence-electron chi connectivity index (χ3n) is 6.40. The molecule has 0 aromatic carbocycles. The van der Waals surface area contributed by atoms with Crippen LogP contribution >= 0.6 is 0 Å². The molecule has 0 amide bonds. The second-order valence-electron chi connectivity index (χ2n) is 8.47. The van der Waals surface area contributed by atoms with Gasteiger partial charge in [-0.1, -0.05) is 6.92 Å². The molecule has 1 heterocycles. The zero-order valence-electron chi connectivity index (χ0n) is 12.8. The Morgan fingerprint density at radius 2 is 2.05 bits per heavy atom. The Labute approximate surface area is 121 Å². The van der Waals surface area contributed by atoms with Crippen LogP contribution in [0, 0.1) is 22.7 Å². The Balaban J connectivity index is 1.57. The van der Waals surface area contributed by atoms with E-state index in [1.54, 1.807) is 0 Å². The molecule has 0 radical (unpaired) electrons. The molecule has 3 heteroatoms. The van der Waals surface area contributed by atoms with E-state index < -0.39 is 0 Å². The molecular formula is C17H27N3. The van der Waals surface area contributed by atoms with Crippen LogP contribution in [-0.4, -0.2) is 15.8 Å². The van der Waals surface area contributed by atoms with Gasteiger partial charge in [-0.05, 0) is 73.2 Å². The summed E-state index contributed by atoms with van der Waals surface area (Å²) in [5.74, 6) is 1.92. The van der Waals surface area contributed by atoms with Crippen LogP contribution in [0.25, 0.3) is 0 Å². The summed E-state index contributed by atoms with van der Waals surface area (Å²) >= 11 is 0. The van der Waals surface area contributed by atoms with Gasteiger partial charge in [0.25, 0.3) is 0 Å². The smallest absolute Gasteiger partial charge is 0.0522 e. The van der Waals surface area contributed by atoms with Gasteiger partial charge in [0.1, 0.15) is 0 Å². The molecule has 20 heavy (non-hydrogen) atoms. The van der Waals surface area contributed by atoms with E-state index in [1.165, 1.54) is 44.1 Å². The van der Waals surface area contributed by atoms with Crippen molar-refractivity contribution in [1.82, 2.24) is 9.78 Å². The quantitative estimate of drug-likeness (QED) is 0.920. The number of hydrogen-bond acceptors (Lipinski definition) is 2. The lowest BCUT2D eigenvalue weighted by Gasteiger charge is -2.63. The largest absolute Gasteiger partial charge is 0.327 e. The van der Waals surface area contributed by atoms with Crippen molar-refractivity contribution in [3.8, 4) is 0 Å². The Hall–Kier alpha value is -0.830. The lowest BCUT2D eigenvalue weighted by Crippen LogP contribution is -2.58. The molecule has 0 spiro atoms. The maximum Gasteiger partial charge on any atom is 0.0522 e. The number of rotatable bonds is 3. The van der Waals surface area contributed by atoms with Gasteiger partial charge < -0.3 is 5.73 Å². The average molecular weight is 273 g/mol. The first-order valence-electron chi connectivity index (χ1n) is 8.20. The second kappa shape index (κ2) is 4.09. The Morgan fingerprint density at radius 1 is 1.35 bits per heavy atom. The standard InChI is InChI=1S/C17H27N3/c1-16-5-12-3-13(6-16)8-17(7-12,11-16)15(18)4-14-9-19-20(2)10-14/h9-10,12-13,15H,3-8,11,18H2,1-2H3. The normalized spacial score (nSPS) is 44.0. The number of aryl methyl sites for hydroxylation is 1. The fourth-order valence-corrected chi connectivity index (χ4v) is 6.28. The van der Waals surface area contributed by atoms with E-state index in [1.807, 2.05) is 17.9 Å². The summed E-state index contributed by atoms with van der Waals surface area (Å²) in [5, 5.41) is 4.29. The third-order valence-corrected chi connectivity index (χ3v) is 6.40. The van der Waals surface area contributed by atoms with Crippen LogP contribution in [-0.2, 0) is 13.5 Å². The lowest BCUT2D eigenvalue weighted by molar-refractivity contribution is -0.112. The average Bonchev–Trinajstić information content (AvgIpc) is 2.71. The van der Waals surface area contributed by atoms with Crippen LogP contribution in [0.5, 0.6) is 0 Å². The topological polar surface area (TPSA) is 43.8 Å². The summed E-state index contributed by atoms with van der Waals surface area (Å²) in [4.78, 5) is 0. The van der Waals surface area contributed by atoms with Crippen LogP contribution < -0.4 is 5.73 Å². The first kappa shape index (κ1) is 12.9. The van der Waals surface area contributed by atoms with Gasteiger partial charge in [-0.15, -0.1) is 0 Å². The molecule has 0 aliphatic heterocycles. The van der Waals surface area contributed by atoms with Crippen molar-refractivity contribution in [2.75, 3.05) is 0 Å². The van der Waals surface area contributed by atoms with Crippen molar-refractivity contribution >= 4 is 0 Å². The van der Waals surface area contributed by atoms with Crippen LogP contribution in [0.1, 0.15) is 51.0 Å². The van der Waals surface area contributed by atoms with Crippen LogP contribution in [0.3, 0.4) is 0 Å².